The molecule has 10 heteroatoms. The van der Waals surface area contributed by atoms with Crippen LogP contribution < -0.4 is 4.74 Å². The maximum atomic E-state index is 12.4. The lowest BCUT2D eigenvalue weighted by atomic mass is 10.2. The van der Waals surface area contributed by atoms with E-state index < -0.39 is 16.0 Å². The molecule has 0 aliphatic rings. The molecule has 0 aliphatic carbocycles. The van der Waals surface area contributed by atoms with E-state index in [0.717, 1.165) is 9.82 Å². The fourth-order valence-electron chi connectivity index (χ4n) is 3.05. The Morgan fingerprint density at radius 1 is 1.23 bits per heavy atom. The number of imidazole rings is 1. The van der Waals surface area contributed by atoms with E-state index in [-0.39, 0.29) is 28.6 Å². The number of nitrogens with zero attached hydrogens (tertiary/aromatic N) is 3. The molecule has 0 unspecified atom stereocenters. The zero-order valence-corrected chi connectivity index (χ0v) is 17.9. The summed E-state index contributed by atoms with van der Waals surface area (Å²) in [7, 11) is 0.717. The number of aryl methyl sites for hydroxylation is 1. The number of ether oxygens (including phenoxy) is 2. The molecule has 0 fully saturated rings. The second kappa shape index (κ2) is 8.33. The van der Waals surface area contributed by atoms with Gasteiger partial charge in [0.2, 0.25) is 10.0 Å². The molecule has 160 valence electrons. The predicted molar refractivity (Wildman–Crippen MR) is 110 cm³/mol. The van der Waals surface area contributed by atoms with Crippen LogP contribution in [-0.2, 0) is 27.9 Å². The van der Waals surface area contributed by atoms with Crippen LogP contribution in [0.4, 0.5) is 0 Å². The number of para-hydroxylation sites is 1. The molecule has 0 bridgehead atoms. The van der Waals surface area contributed by atoms with Crippen LogP contribution in [0.3, 0.4) is 0 Å². The Hall–Kier alpha value is -3.11. The van der Waals surface area contributed by atoms with Crippen LogP contribution in [0.25, 0.3) is 11.0 Å². The summed E-state index contributed by atoms with van der Waals surface area (Å²) in [4.78, 5) is 17.0. The van der Waals surface area contributed by atoms with Gasteiger partial charge in [0.1, 0.15) is 18.0 Å². The molecule has 0 atom stereocenters. The average Bonchev–Trinajstić information content (AvgIpc) is 3.08. The molecule has 2 aromatic carbocycles. The van der Waals surface area contributed by atoms with Gasteiger partial charge in [-0.05, 0) is 37.3 Å². The Morgan fingerprint density at radius 2 is 1.97 bits per heavy atom. The monoisotopic (exact) mass is 433 g/mol. The van der Waals surface area contributed by atoms with E-state index in [2.05, 4.69) is 4.98 Å². The van der Waals surface area contributed by atoms with Gasteiger partial charge < -0.3 is 19.1 Å². The highest BCUT2D eigenvalue weighted by molar-refractivity contribution is 7.89. The number of esters is 1. The Bertz CT molecular complexity index is 1200. The standard InChI is InChI=1S/C20H23N3O6S/c1-5-23-16-10-9-13(30(26,27)22(2)3)11-15(16)21-18(23)12-29-20(25)14-7-6-8-17(28-4)19(14)24/h6-11,24H,5,12H2,1-4H3. The summed E-state index contributed by atoms with van der Waals surface area (Å²) in [6.45, 7) is 2.31. The fourth-order valence-corrected chi connectivity index (χ4v) is 3.98. The molecule has 30 heavy (non-hydrogen) atoms. The SMILES string of the molecule is CCn1c(COC(=O)c2cccc(OC)c2O)nc2cc(S(=O)(=O)N(C)C)ccc21. The minimum absolute atomic E-state index is 0.0205. The maximum absolute atomic E-state index is 12.4. The van der Waals surface area contributed by atoms with E-state index in [0.29, 0.717) is 17.9 Å². The van der Waals surface area contributed by atoms with Crippen LogP contribution >= 0.6 is 0 Å². The van der Waals surface area contributed by atoms with E-state index >= 15 is 0 Å². The number of rotatable bonds is 7. The van der Waals surface area contributed by atoms with Crippen molar-refractivity contribution in [1.29, 1.82) is 0 Å². The number of methoxy groups -OCH3 is 1. The number of benzene rings is 2. The van der Waals surface area contributed by atoms with Crippen LogP contribution in [0, 0.1) is 0 Å². The van der Waals surface area contributed by atoms with Crippen LogP contribution in [0.5, 0.6) is 11.5 Å². The van der Waals surface area contributed by atoms with Crippen molar-refractivity contribution >= 4 is 27.0 Å². The molecule has 3 aromatic rings. The van der Waals surface area contributed by atoms with Gasteiger partial charge in [-0.15, -0.1) is 0 Å². The van der Waals surface area contributed by atoms with Crippen LogP contribution in [0.1, 0.15) is 23.1 Å². The number of aromatic hydroxyl groups is 1. The normalized spacial score (nSPS) is 11.8. The van der Waals surface area contributed by atoms with Crippen molar-refractivity contribution in [2.45, 2.75) is 25.0 Å². The topological polar surface area (TPSA) is 111 Å². The number of phenols is 1. The second-order valence-corrected chi connectivity index (χ2v) is 8.79. The van der Waals surface area contributed by atoms with Crippen LogP contribution in [-0.4, -0.2) is 54.6 Å². The summed E-state index contributed by atoms with van der Waals surface area (Å²) in [5.74, 6) is -0.396. The first-order chi connectivity index (χ1) is 14.2. The molecule has 0 aliphatic heterocycles. The lowest BCUT2D eigenvalue weighted by Gasteiger charge is -2.11. The van der Waals surface area contributed by atoms with Gasteiger partial charge in [-0.3, -0.25) is 0 Å². The van der Waals surface area contributed by atoms with E-state index in [9.17, 15) is 18.3 Å². The third-order valence-electron chi connectivity index (χ3n) is 4.66. The molecule has 1 heterocycles. The van der Waals surface area contributed by atoms with Crippen molar-refractivity contribution in [2.75, 3.05) is 21.2 Å². The van der Waals surface area contributed by atoms with Crippen LogP contribution in [0.2, 0.25) is 0 Å². The predicted octanol–water partition coefficient (Wildman–Crippen LogP) is 2.38. The molecule has 0 saturated heterocycles. The molecule has 0 radical (unpaired) electrons. The lowest BCUT2D eigenvalue weighted by molar-refractivity contribution is 0.0454. The number of fused-ring (bicyclic) bond motifs is 1. The molecule has 1 aromatic heterocycles. The van der Waals surface area contributed by atoms with Gasteiger partial charge in [-0.1, -0.05) is 6.07 Å². The summed E-state index contributed by atoms with van der Waals surface area (Å²) in [6, 6.07) is 9.24. The van der Waals surface area contributed by atoms with Crippen molar-refractivity contribution < 1.29 is 27.8 Å². The minimum Gasteiger partial charge on any atom is -0.504 e. The van der Waals surface area contributed by atoms with Crippen molar-refractivity contribution in [1.82, 2.24) is 13.9 Å². The highest BCUT2D eigenvalue weighted by atomic mass is 32.2. The van der Waals surface area contributed by atoms with Gasteiger partial charge in [-0.2, -0.15) is 0 Å². The first kappa shape index (κ1) is 21.6. The van der Waals surface area contributed by atoms with Gasteiger partial charge >= 0.3 is 5.97 Å². The van der Waals surface area contributed by atoms with Crippen molar-refractivity contribution in [3.8, 4) is 11.5 Å². The zero-order chi connectivity index (χ0) is 22.1. The number of phenolic OH excluding ortho intramolecular Hbond substituents is 1. The van der Waals surface area contributed by atoms with Gasteiger partial charge in [0, 0.05) is 20.6 Å². The molecule has 0 spiro atoms. The van der Waals surface area contributed by atoms with Crippen molar-refractivity contribution in [3.05, 3.63) is 47.8 Å². The lowest BCUT2D eigenvalue weighted by Crippen LogP contribution is -2.22. The Kier molecular flexibility index (Phi) is 5.99. The van der Waals surface area contributed by atoms with E-state index in [1.54, 1.807) is 12.1 Å². The Morgan fingerprint density at radius 3 is 2.60 bits per heavy atom. The minimum atomic E-state index is -3.59. The van der Waals surface area contributed by atoms with Gasteiger partial charge in [-0.25, -0.2) is 22.5 Å². The third kappa shape index (κ3) is 3.83. The summed E-state index contributed by atoms with van der Waals surface area (Å²) in [5, 5.41) is 10.1. The van der Waals surface area contributed by atoms with Crippen LogP contribution in [0.15, 0.2) is 41.3 Å². The van der Waals surface area contributed by atoms with Crippen molar-refractivity contribution in [3.63, 3.8) is 0 Å². The molecule has 0 amide bonds. The molecule has 1 N–H and O–H groups in total. The number of aromatic nitrogens is 2. The van der Waals surface area contributed by atoms with E-state index in [1.807, 2.05) is 11.5 Å². The average molecular weight is 433 g/mol. The molecule has 3 rings (SSSR count). The number of sulfonamides is 1. The maximum Gasteiger partial charge on any atom is 0.342 e. The first-order valence-corrected chi connectivity index (χ1v) is 10.6. The highest BCUT2D eigenvalue weighted by Crippen LogP contribution is 2.30. The second-order valence-electron chi connectivity index (χ2n) is 6.64. The zero-order valence-electron chi connectivity index (χ0n) is 17.1. The van der Waals surface area contributed by atoms with E-state index in [4.69, 9.17) is 9.47 Å². The summed E-state index contributed by atoms with van der Waals surface area (Å²) >= 11 is 0. The van der Waals surface area contributed by atoms with Gasteiger partial charge in [0.15, 0.2) is 11.5 Å². The highest BCUT2D eigenvalue weighted by Gasteiger charge is 2.21. The van der Waals surface area contributed by atoms with Gasteiger partial charge in [0.05, 0.1) is 23.0 Å². The fraction of sp³-hybridized carbons (Fsp3) is 0.300. The number of carbonyl (C=O) groups is 1. The molecule has 9 nitrogen and oxygen atoms in total. The molecule has 0 saturated carbocycles. The summed E-state index contributed by atoms with van der Waals surface area (Å²) < 4.78 is 38.1. The summed E-state index contributed by atoms with van der Waals surface area (Å²) in [6.07, 6.45) is 0. The number of carbonyl (C=O) groups excluding carboxylic acids is 1. The Labute approximate surface area is 174 Å². The largest absolute Gasteiger partial charge is 0.504 e. The quantitative estimate of drug-likeness (QED) is 0.570. The number of hydrogen-bond acceptors (Lipinski definition) is 7. The third-order valence-corrected chi connectivity index (χ3v) is 6.48. The van der Waals surface area contributed by atoms with Crippen molar-refractivity contribution in [2.24, 2.45) is 0 Å². The molecular weight excluding hydrogens is 410 g/mol. The molecular formula is C20H23N3O6S. The first-order valence-electron chi connectivity index (χ1n) is 9.15. The smallest absolute Gasteiger partial charge is 0.342 e. The number of hydrogen-bond donors (Lipinski definition) is 1. The Balaban J connectivity index is 1.90. The van der Waals surface area contributed by atoms with E-state index in [1.165, 1.54) is 45.5 Å². The van der Waals surface area contributed by atoms with Gasteiger partial charge in [0.25, 0.3) is 0 Å². The summed E-state index contributed by atoms with van der Waals surface area (Å²) in [5.41, 5.74) is 1.19.